The van der Waals surface area contributed by atoms with E-state index >= 15 is 0 Å². The molecular weight excluding hydrogens is 276 g/mol. The predicted molar refractivity (Wildman–Crippen MR) is 81.8 cm³/mol. The number of rotatable bonds is 5. The van der Waals surface area contributed by atoms with Crippen LogP contribution in [0.3, 0.4) is 0 Å². The minimum absolute atomic E-state index is 0.581. The van der Waals surface area contributed by atoms with Gasteiger partial charge in [-0.25, -0.2) is 0 Å². The quantitative estimate of drug-likeness (QED) is 0.654. The van der Waals surface area contributed by atoms with Gasteiger partial charge in [0.25, 0.3) is 0 Å². The molecule has 0 saturated carbocycles. The first-order valence-electron chi connectivity index (χ1n) is 5.91. The van der Waals surface area contributed by atoms with E-state index in [-0.39, 0.29) is 0 Å². The van der Waals surface area contributed by atoms with Gasteiger partial charge in [0.1, 0.15) is 6.07 Å². The summed E-state index contributed by atoms with van der Waals surface area (Å²) in [7, 11) is 0. The first kappa shape index (κ1) is 13.8. The Morgan fingerprint density at radius 3 is 2.68 bits per heavy atom. The van der Waals surface area contributed by atoms with Gasteiger partial charge in [0.2, 0.25) is 0 Å². The molecule has 2 nitrogen and oxygen atoms in total. The van der Waals surface area contributed by atoms with E-state index in [1.54, 1.807) is 23.9 Å². The summed E-state index contributed by atoms with van der Waals surface area (Å²) in [4.78, 5) is 1.25. The second-order valence-corrected chi connectivity index (χ2v) is 5.49. The zero-order valence-corrected chi connectivity index (χ0v) is 11.8. The topological polar surface area (TPSA) is 35.8 Å². The van der Waals surface area contributed by atoms with E-state index in [0.29, 0.717) is 10.6 Å². The van der Waals surface area contributed by atoms with Gasteiger partial charge >= 0.3 is 0 Å². The lowest BCUT2D eigenvalue weighted by atomic mass is 10.2. The molecule has 1 N–H and O–H groups in total. The van der Waals surface area contributed by atoms with Crippen molar-refractivity contribution < 1.29 is 0 Å². The van der Waals surface area contributed by atoms with Crippen LogP contribution >= 0.6 is 23.4 Å². The summed E-state index contributed by atoms with van der Waals surface area (Å²) in [6.45, 7) is 0.801. The minimum atomic E-state index is 0.581. The van der Waals surface area contributed by atoms with Crippen LogP contribution in [0.5, 0.6) is 0 Å². The summed E-state index contributed by atoms with van der Waals surface area (Å²) >= 11 is 7.64. The third kappa shape index (κ3) is 4.20. The van der Waals surface area contributed by atoms with Gasteiger partial charge in [-0.05, 0) is 30.3 Å². The van der Waals surface area contributed by atoms with Gasteiger partial charge in [0.15, 0.2) is 0 Å². The molecular formula is C15H13ClN2S. The fourth-order valence-electron chi connectivity index (χ4n) is 1.63. The molecule has 0 heterocycles. The highest BCUT2D eigenvalue weighted by molar-refractivity contribution is 7.99. The van der Waals surface area contributed by atoms with Crippen molar-refractivity contribution in [2.75, 3.05) is 17.6 Å². The Morgan fingerprint density at radius 2 is 1.95 bits per heavy atom. The Balaban J connectivity index is 1.85. The molecule has 0 atom stereocenters. The summed E-state index contributed by atoms with van der Waals surface area (Å²) in [5.74, 6) is 0.942. The van der Waals surface area contributed by atoms with Crippen LogP contribution in [0.2, 0.25) is 5.02 Å². The van der Waals surface area contributed by atoms with E-state index in [4.69, 9.17) is 16.9 Å². The Morgan fingerprint density at radius 1 is 1.16 bits per heavy atom. The van der Waals surface area contributed by atoms with E-state index in [0.717, 1.165) is 18.0 Å². The smallest absolute Gasteiger partial charge is 0.101 e. The van der Waals surface area contributed by atoms with Gasteiger partial charge in [-0.3, -0.25) is 0 Å². The molecule has 2 rings (SSSR count). The lowest BCUT2D eigenvalue weighted by Crippen LogP contribution is -2.05. The number of hydrogen-bond donors (Lipinski definition) is 1. The molecule has 0 unspecified atom stereocenters. The number of hydrogen-bond acceptors (Lipinski definition) is 3. The zero-order valence-electron chi connectivity index (χ0n) is 10.3. The van der Waals surface area contributed by atoms with Crippen LogP contribution in [0.25, 0.3) is 0 Å². The minimum Gasteiger partial charge on any atom is -0.383 e. The summed E-state index contributed by atoms with van der Waals surface area (Å²) in [6.07, 6.45) is 0. The van der Waals surface area contributed by atoms with Crippen molar-refractivity contribution in [3.8, 4) is 6.07 Å². The normalized spacial score (nSPS) is 9.89. The number of anilines is 1. The van der Waals surface area contributed by atoms with Crippen molar-refractivity contribution in [2.24, 2.45) is 0 Å². The molecule has 2 aromatic rings. The standard InChI is InChI=1S/C15H13ClN2S/c16-13-6-7-15(12(10-13)11-17)18-8-9-19-14-4-2-1-3-5-14/h1-7,10,18H,8-9H2. The average molecular weight is 289 g/mol. The van der Waals surface area contributed by atoms with E-state index in [9.17, 15) is 0 Å². The molecule has 0 amide bonds. The van der Waals surface area contributed by atoms with Gasteiger partial charge < -0.3 is 5.32 Å². The summed E-state index contributed by atoms with van der Waals surface area (Å²) < 4.78 is 0. The molecule has 0 aliphatic heterocycles. The Labute approximate surface area is 122 Å². The van der Waals surface area contributed by atoms with Crippen LogP contribution in [0.4, 0.5) is 5.69 Å². The van der Waals surface area contributed by atoms with Gasteiger partial charge in [0, 0.05) is 22.2 Å². The lowest BCUT2D eigenvalue weighted by Gasteiger charge is -2.08. The molecule has 2 aromatic carbocycles. The first-order chi connectivity index (χ1) is 9.29. The largest absolute Gasteiger partial charge is 0.383 e. The molecule has 0 aliphatic rings. The van der Waals surface area contributed by atoms with E-state index < -0.39 is 0 Å². The molecule has 96 valence electrons. The lowest BCUT2D eigenvalue weighted by molar-refractivity contribution is 1.22. The van der Waals surface area contributed by atoms with Crippen LogP contribution < -0.4 is 5.32 Å². The van der Waals surface area contributed by atoms with Gasteiger partial charge in [-0.1, -0.05) is 29.8 Å². The monoisotopic (exact) mass is 288 g/mol. The van der Waals surface area contributed by atoms with E-state index in [2.05, 4.69) is 23.5 Å². The van der Waals surface area contributed by atoms with Gasteiger partial charge in [-0.15, -0.1) is 11.8 Å². The average Bonchev–Trinajstić information content (AvgIpc) is 2.46. The van der Waals surface area contributed by atoms with Crippen LogP contribution in [-0.2, 0) is 0 Å². The summed E-state index contributed by atoms with van der Waals surface area (Å²) in [5, 5.41) is 12.9. The highest BCUT2D eigenvalue weighted by Crippen LogP contribution is 2.21. The SMILES string of the molecule is N#Cc1cc(Cl)ccc1NCCSc1ccccc1. The fourth-order valence-corrected chi connectivity index (χ4v) is 2.60. The number of nitriles is 1. The Hall–Kier alpha value is -1.63. The third-order valence-corrected chi connectivity index (χ3v) is 3.78. The predicted octanol–water partition coefficient (Wildman–Crippen LogP) is 4.42. The molecule has 0 spiro atoms. The fraction of sp³-hybridized carbons (Fsp3) is 0.133. The summed E-state index contributed by atoms with van der Waals surface area (Å²) in [6, 6.07) is 17.7. The van der Waals surface area contributed by atoms with Crippen LogP contribution in [0.1, 0.15) is 5.56 Å². The van der Waals surface area contributed by atoms with Crippen molar-refractivity contribution in [1.82, 2.24) is 0 Å². The molecule has 19 heavy (non-hydrogen) atoms. The zero-order chi connectivity index (χ0) is 13.5. The Kier molecular flexibility index (Phi) is 5.14. The maximum absolute atomic E-state index is 9.02. The first-order valence-corrected chi connectivity index (χ1v) is 7.27. The van der Waals surface area contributed by atoms with Crippen LogP contribution in [-0.4, -0.2) is 12.3 Å². The molecule has 0 radical (unpaired) electrons. The van der Waals surface area contributed by atoms with Crippen molar-refractivity contribution >= 4 is 29.1 Å². The van der Waals surface area contributed by atoms with Gasteiger partial charge in [-0.2, -0.15) is 5.26 Å². The molecule has 0 aromatic heterocycles. The van der Waals surface area contributed by atoms with E-state index in [1.807, 2.05) is 24.3 Å². The van der Waals surface area contributed by atoms with Crippen molar-refractivity contribution in [3.05, 3.63) is 59.1 Å². The highest BCUT2D eigenvalue weighted by atomic mass is 35.5. The maximum atomic E-state index is 9.02. The number of halogens is 1. The second-order valence-electron chi connectivity index (χ2n) is 3.89. The number of nitrogens with zero attached hydrogens (tertiary/aromatic N) is 1. The van der Waals surface area contributed by atoms with Crippen molar-refractivity contribution in [1.29, 1.82) is 5.26 Å². The van der Waals surface area contributed by atoms with Crippen molar-refractivity contribution in [2.45, 2.75) is 4.90 Å². The Bertz CT molecular complexity index is 578. The number of thioether (sulfide) groups is 1. The number of nitrogens with one attached hydrogen (secondary N) is 1. The van der Waals surface area contributed by atoms with Crippen LogP contribution in [0.15, 0.2) is 53.4 Å². The number of benzene rings is 2. The van der Waals surface area contributed by atoms with Crippen molar-refractivity contribution in [3.63, 3.8) is 0 Å². The highest BCUT2D eigenvalue weighted by Gasteiger charge is 2.02. The molecule has 0 aliphatic carbocycles. The molecule has 0 saturated heterocycles. The third-order valence-electron chi connectivity index (χ3n) is 2.53. The second kappa shape index (κ2) is 7.08. The van der Waals surface area contributed by atoms with Gasteiger partial charge in [0.05, 0.1) is 11.3 Å². The summed E-state index contributed by atoms with van der Waals surface area (Å²) in [5.41, 5.74) is 1.41. The van der Waals surface area contributed by atoms with Crippen LogP contribution in [0, 0.1) is 11.3 Å². The van der Waals surface area contributed by atoms with E-state index in [1.165, 1.54) is 4.90 Å². The molecule has 0 bridgehead atoms. The molecule has 4 heteroatoms. The molecule has 0 fully saturated rings. The maximum Gasteiger partial charge on any atom is 0.101 e.